The Kier molecular flexibility index (Phi) is 4.87. The molecule has 0 bridgehead atoms. The van der Waals surface area contributed by atoms with Gasteiger partial charge in [0.05, 0.1) is 5.75 Å². The molecule has 0 saturated carbocycles. The van der Waals surface area contributed by atoms with Crippen LogP contribution in [-0.4, -0.2) is 72.0 Å². The van der Waals surface area contributed by atoms with Crippen LogP contribution in [0.5, 0.6) is 0 Å². The van der Waals surface area contributed by atoms with Gasteiger partial charge in [-0.1, -0.05) is 12.1 Å². The van der Waals surface area contributed by atoms with Crippen LogP contribution in [0.4, 0.5) is 4.39 Å². The van der Waals surface area contributed by atoms with E-state index in [9.17, 15) is 14.0 Å². The van der Waals surface area contributed by atoms with Crippen LogP contribution >= 0.6 is 11.8 Å². The van der Waals surface area contributed by atoms with Gasteiger partial charge in [0.2, 0.25) is 11.8 Å². The van der Waals surface area contributed by atoms with Crippen LogP contribution in [0.1, 0.15) is 10.9 Å². The highest BCUT2D eigenvalue weighted by molar-refractivity contribution is 8.00. The van der Waals surface area contributed by atoms with Crippen molar-refractivity contribution in [2.45, 2.75) is 5.37 Å². The Morgan fingerprint density at radius 2 is 2.04 bits per heavy atom. The molecule has 2 aliphatic heterocycles. The van der Waals surface area contributed by atoms with E-state index in [4.69, 9.17) is 0 Å². The standard InChI is InChI=1S/C16H20FN3O2S/c1-18-5-7-19(8-6-18)14(21)10-20-15(22)11-23-16(20)12-3-2-4-13(17)9-12/h2-4,9,16H,5-8,10-11H2,1H3/t16-/m1/s1. The molecule has 5 nitrogen and oxygen atoms in total. The summed E-state index contributed by atoms with van der Waals surface area (Å²) >= 11 is 1.44. The first kappa shape index (κ1) is 16.3. The molecule has 2 fully saturated rings. The fraction of sp³-hybridized carbons (Fsp3) is 0.500. The molecule has 2 amide bonds. The van der Waals surface area contributed by atoms with E-state index in [2.05, 4.69) is 4.90 Å². The number of piperazine rings is 1. The van der Waals surface area contributed by atoms with Crippen LogP contribution in [0.25, 0.3) is 0 Å². The van der Waals surface area contributed by atoms with E-state index < -0.39 is 0 Å². The lowest BCUT2D eigenvalue weighted by Crippen LogP contribution is -2.50. The van der Waals surface area contributed by atoms with Gasteiger partial charge in [-0.05, 0) is 24.7 Å². The van der Waals surface area contributed by atoms with E-state index in [0.717, 1.165) is 18.7 Å². The van der Waals surface area contributed by atoms with E-state index in [-0.39, 0.29) is 29.6 Å². The molecule has 0 N–H and O–H groups in total. The van der Waals surface area contributed by atoms with E-state index in [1.165, 1.54) is 23.9 Å². The first-order valence-corrected chi connectivity index (χ1v) is 8.72. The zero-order chi connectivity index (χ0) is 16.4. The highest BCUT2D eigenvalue weighted by Gasteiger charge is 2.35. The molecule has 124 valence electrons. The molecule has 3 rings (SSSR count). The maximum absolute atomic E-state index is 13.4. The zero-order valence-corrected chi connectivity index (χ0v) is 13.9. The van der Waals surface area contributed by atoms with E-state index in [1.54, 1.807) is 21.9 Å². The van der Waals surface area contributed by atoms with Crippen LogP contribution in [-0.2, 0) is 9.59 Å². The molecule has 7 heteroatoms. The van der Waals surface area contributed by atoms with Gasteiger partial charge in [-0.2, -0.15) is 0 Å². The number of hydrogen-bond donors (Lipinski definition) is 0. The van der Waals surface area contributed by atoms with Gasteiger partial charge in [0.15, 0.2) is 0 Å². The van der Waals surface area contributed by atoms with Crippen LogP contribution < -0.4 is 0 Å². The lowest BCUT2D eigenvalue weighted by Gasteiger charge is -2.34. The van der Waals surface area contributed by atoms with Gasteiger partial charge in [-0.15, -0.1) is 11.8 Å². The smallest absolute Gasteiger partial charge is 0.242 e. The lowest BCUT2D eigenvalue weighted by molar-refractivity contribution is -0.140. The van der Waals surface area contributed by atoms with Gasteiger partial charge in [-0.3, -0.25) is 9.59 Å². The summed E-state index contributed by atoms with van der Waals surface area (Å²) in [5.41, 5.74) is 0.729. The van der Waals surface area contributed by atoms with E-state index in [1.807, 2.05) is 7.05 Å². The van der Waals surface area contributed by atoms with Gasteiger partial charge in [0.1, 0.15) is 17.7 Å². The quantitative estimate of drug-likeness (QED) is 0.831. The molecule has 2 aliphatic rings. The SMILES string of the molecule is CN1CCN(C(=O)CN2C(=O)CS[C@@H]2c2cccc(F)c2)CC1. The summed E-state index contributed by atoms with van der Waals surface area (Å²) in [6.45, 7) is 3.14. The molecule has 1 atom stereocenters. The number of carbonyl (C=O) groups excluding carboxylic acids is 2. The molecule has 0 aromatic heterocycles. The van der Waals surface area contributed by atoms with E-state index >= 15 is 0 Å². The van der Waals surface area contributed by atoms with Crippen molar-refractivity contribution in [3.05, 3.63) is 35.6 Å². The fourth-order valence-electron chi connectivity index (χ4n) is 2.86. The second-order valence-corrected chi connectivity index (χ2v) is 6.99. The third-order valence-corrected chi connectivity index (χ3v) is 5.52. The monoisotopic (exact) mass is 337 g/mol. The number of thioether (sulfide) groups is 1. The number of likely N-dealkylation sites (N-methyl/N-ethyl adjacent to an activating group) is 1. The van der Waals surface area contributed by atoms with Gasteiger partial charge >= 0.3 is 0 Å². The number of nitrogens with zero attached hydrogens (tertiary/aromatic N) is 3. The maximum atomic E-state index is 13.4. The molecule has 0 spiro atoms. The number of rotatable bonds is 3. The lowest BCUT2D eigenvalue weighted by atomic mass is 10.2. The normalized spacial score (nSPS) is 22.7. The summed E-state index contributed by atoms with van der Waals surface area (Å²) in [7, 11) is 2.03. The van der Waals surface area contributed by atoms with Crippen molar-refractivity contribution in [1.29, 1.82) is 0 Å². The molecule has 23 heavy (non-hydrogen) atoms. The topological polar surface area (TPSA) is 43.9 Å². The van der Waals surface area contributed by atoms with Crippen LogP contribution in [0.3, 0.4) is 0 Å². The molecule has 1 aromatic carbocycles. The fourth-order valence-corrected chi connectivity index (χ4v) is 4.04. The Morgan fingerprint density at radius 3 is 2.74 bits per heavy atom. The molecule has 0 unspecified atom stereocenters. The molecule has 2 saturated heterocycles. The molecular formula is C16H20FN3O2S. The average Bonchev–Trinajstić information content (AvgIpc) is 2.89. The second-order valence-electron chi connectivity index (χ2n) is 5.92. The number of carbonyl (C=O) groups is 2. The van der Waals surface area contributed by atoms with Crippen molar-refractivity contribution >= 4 is 23.6 Å². The Morgan fingerprint density at radius 1 is 1.30 bits per heavy atom. The number of hydrogen-bond acceptors (Lipinski definition) is 4. The Labute approximate surface area is 139 Å². The molecule has 2 heterocycles. The van der Waals surface area contributed by atoms with Crippen molar-refractivity contribution in [3.8, 4) is 0 Å². The van der Waals surface area contributed by atoms with Crippen molar-refractivity contribution in [2.24, 2.45) is 0 Å². The van der Waals surface area contributed by atoms with Crippen molar-refractivity contribution < 1.29 is 14.0 Å². The summed E-state index contributed by atoms with van der Waals surface area (Å²) in [4.78, 5) is 30.2. The average molecular weight is 337 g/mol. The first-order chi connectivity index (χ1) is 11.0. The summed E-state index contributed by atoms with van der Waals surface area (Å²) in [5, 5.41) is -0.283. The Hall–Kier alpha value is -1.60. The van der Waals surface area contributed by atoms with Crippen LogP contribution in [0, 0.1) is 5.82 Å². The minimum absolute atomic E-state index is 0.0321. The third kappa shape index (κ3) is 3.67. The summed E-state index contributed by atoms with van der Waals surface area (Å²) < 4.78 is 13.4. The van der Waals surface area contributed by atoms with Gasteiger partial charge < -0.3 is 14.7 Å². The van der Waals surface area contributed by atoms with Crippen molar-refractivity contribution in [2.75, 3.05) is 45.5 Å². The maximum Gasteiger partial charge on any atom is 0.242 e. The van der Waals surface area contributed by atoms with Crippen molar-refractivity contribution in [1.82, 2.24) is 14.7 Å². The molecule has 0 aliphatic carbocycles. The number of benzene rings is 1. The van der Waals surface area contributed by atoms with Crippen molar-refractivity contribution in [3.63, 3.8) is 0 Å². The minimum atomic E-state index is -0.326. The number of halogens is 1. The Bertz CT molecular complexity index is 605. The largest absolute Gasteiger partial charge is 0.339 e. The van der Waals surface area contributed by atoms with E-state index in [0.29, 0.717) is 18.8 Å². The summed E-state index contributed by atoms with van der Waals surface area (Å²) in [5.74, 6) is -0.0908. The highest BCUT2D eigenvalue weighted by atomic mass is 32.2. The highest BCUT2D eigenvalue weighted by Crippen LogP contribution is 2.38. The van der Waals surface area contributed by atoms with Gasteiger partial charge in [0, 0.05) is 26.2 Å². The zero-order valence-electron chi connectivity index (χ0n) is 13.1. The third-order valence-electron chi connectivity index (χ3n) is 4.26. The Balaban J connectivity index is 1.69. The number of amides is 2. The molecular weight excluding hydrogens is 317 g/mol. The van der Waals surface area contributed by atoms with Gasteiger partial charge in [0.25, 0.3) is 0 Å². The van der Waals surface area contributed by atoms with Gasteiger partial charge in [-0.25, -0.2) is 4.39 Å². The first-order valence-electron chi connectivity index (χ1n) is 7.67. The molecule has 0 radical (unpaired) electrons. The minimum Gasteiger partial charge on any atom is -0.339 e. The summed E-state index contributed by atoms with van der Waals surface area (Å²) in [6, 6.07) is 6.25. The summed E-state index contributed by atoms with van der Waals surface area (Å²) in [6.07, 6.45) is 0. The predicted molar refractivity (Wildman–Crippen MR) is 87.4 cm³/mol. The van der Waals surface area contributed by atoms with Crippen LogP contribution in [0.2, 0.25) is 0 Å². The predicted octanol–water partition coefficient (Wildman–Crippen LogP) is 1.17. The molecule has 1 aromatic rings. The van der Waals surface area contributed by atoms with Crippen LogP contribution in [0.15, 0.2) is 24.3 Å². The second kappa shape index (κ2) is 6.88.